The van der Waals surface area contributed by atoms with Crippen LogP contribution in [0.5, 0.6) is 0 Å². The first kappa shape index (κ1) is 23.6. The van der Waals surface area contributed by atoms with Crippen molar-refractivity contribution in [1.29, 1.82) is 0 Å². The van der Waals surface area contributed by atoms with E-state index >= 15 is 0 Å². The molecule has 0 aliphatic carbocycles. The molecule has 1 heterocycles. The van der Waals surface area contributed by atoms with Crippen molar-refractivity contribution < 1.29 is 13.2 Å². The lowest BCUT2D eigenvalue weighted by Crippen LogP contribution is -2.47. The predicted molar refractivity (Wildman–Crippen MR) is 121 cm³/mol. The molecular formula is C19H28N4O3S3. The molecule has 10 heteroatoms. The number of nitrogens with one attached hydrogen (secondary N) is 1. The maximum Gasteiger partial charge on any atom is 0.250 e. The number of benzene rings is 1. The van der Waals surface area contributed by atoms with E-state index in [1.54, 1.807) is 30.8 Å². The first-order chi connectivity index (χ1) is 13.5. The molecule has 0 bridgehead atoms. The molecular weight excluding hydrogens is 428 g/mol. The molecule has 7 nitrogen and oxygen atoms in total. The van der Waals surface area contributed by atoms with Crippen LogP contribution in [0.15, 0.2) is 22.5 Å². The molecule has 2 aromatic rings. The van der Waals surface area contributed by atoms with Crippen LogP contribution in [0.2, 0.25) is 0 Å². The average Bonchev–Trinajstić information content (AvgIpc) is 3.06. The largest absolute Gasteiger partial charge is 0.299 e. The number of aromatic nitrogens is 2. The summed E-state index contributed by atoms with van der Waals surface area (Å²) in [4.78, 5) is 12.9. The molecule has 0 aliphatic rings. The zero-order chi connectivity index (χ0) is 21.8. The van der Waals surface area contributed by atoms with Crippen molar-refractivity contribution in [1.82, 2.24) is 10.2 Å². The predicted octanol–water partition coefficient (Wildman–Crippen LogP) is 4.09. The average molecular weight is 457 g/mol. The number of sulfonamides is 1. The summed E-state index contributed by atoms with van der Waals surface area (Å²) < 4.78 is 27.1. The number of carbonyl (C=O) groups is 1. The Morgan fingerprint density at radius 2 is 1.93 bits per heavy atom. The first-order valence-corrected chi connectivity index (χ1v) is 13.0. The van der Waals surface area contributed by atoms with Gasteiger partial charge in [0.05, 0.1) is 11.9 Å². The van der Waals surface area contributed by atoms with Gasteiger partial charge in [-0.1, -0.05) is 49.9 Å². The number of thioether (sulfide) groups is 1. The van der Waals surface area contributed by atoms with Crippen LogP contribution in [0.4, 0.5) is 10.8 Å². The molecule has 0 fully saturated rings. The summed E-state index contributed by atoms with van der Waals surface area (Å²) >= 11 is 2.88. The topological polar surface area (TPSA) is 92.3 Å². The number of aryl methyl sites for hydroxylation is 2. The normalized spacial score (nSPS) is 12.8. The number of rotatable bonds is 9. The SMILES string of the molecule is CC[C@H](C(=O)Nc1nnc(SCC(C)C)s1)N(c1ccc(C)c(C)c1)S(C)(=O)=O. The third-order valence-electron chi connectivity index (χ3n) is 4.25. The molecule has 1 aromatic heterocycles. The number of amides is 1. The van der Waals surface area contributed by atoms with E-state index in [2.05, 4.69) is 29.4 Å². The van der Waals surface area contributed by atoms with E-state index in [1.165, 1.54) is 15.6 Å². The Hall–Kier alpha value is -1.65. The smallest absolute Gasteiger partial charge is 0.250 e. The molecule has 29 heavy (non-hydrogen) atoms. The summed E-state index contributed by atoms with van der Waals surface area (Å²) in [6.45, 7) is 9.90. The van der Waals surface area contributed by atoms with Gasteiger partial charge in [-0.05, 0) is 49.4 Å². The number of anilines is 2. The first-order valence-electron chi connectivity index (χ1n) is 9.36. The van der Waals surface area contributed by atoms with E-state index in [1.807, 2.05) is 19.9 Å². The van der Waals surface area contributed by atoms with Crippen molar-refractivity contribution in [2.24, 2.45) is 5.92 Å². The van der Waals surface area contributed by atoms with E-state index in [0.717, 1.165) is 27.5 Å². The van der Waals surface area contributed by atoms with Gasteiger partial charge in [-0.2, -0.15) is 0 Å². The van der Waals surface area contributed by atoms with Crippen molar-refractivity contribution in [2.45, 2.75) is 51.4 Å². The highest BCUT2D eigenvalue weighted by atomic mass is 32.2. The molecule has 0 aliphatic heterocycles. The molecule has 1 amide bonds. The Balaban J connectivity index is 2.25. The van der Waals surface area contributed by atoms with E-state index in [4.69, 9.17) is 0 Å². The van der Waals surface area contributed by atoms with Crippen LogP contribution < -0.4 is 9.62 Å². The number of nitrogens with zero attached hydrogens (tertiary/aromatic N) is 3. The quantitative estimate of drug-likeness (QED) is 0.451. The monoisotopic (exact) mass is 456 g/mol. The summed E-state index contributed by atoms with van der Waals surface area (Å²) in [5.41, 5.74) is 2.49. The second kappa shape index (κ2) is 9.90. The van der Waals surface area contributed by atoms with Crippen LogP contribution in [-0.4, -0.2) is 42.6 Å². The fraction of sp³-hybridized carbons (Fsp3) is 0.526. The molecule has 0 unspecified atom stereocenters. The van der Waals surface area contributed by atoms with Crippen LogP contribution in [0.1, 0.15) is 38.3 Å². The van der Waals surface area contributed by atoms with E-state index < -0.39 is 22.0 Å². The molecule has 1 N–H and O–H groups in total. The number of hydrogen-bond acceptors (Lipinski definition) is 7. The number of hydrogen-bond donors (Lipinski definition) is 1. The molecule has 0 spiro atoms. The Labute approximate surface area is 181 Å². The van der Waals surface area contributed by atoms with Crippen LogP contribution in [0.25, 0.3) is 0 Å². The van der Waals surface area contributed by atoms with Crippen molar-refractivity contribution in [2.75, 3.05) is 21.6 Å². The van der Waals surface area contributed by atoms with Crippen molar-refractivity contribution >= 4 is 49.8 Å². The fourth-order valence-electron chi connectivity index (χ4n) is 2.67. The van der Waals surface area contributed by atoms with Gasteiger partial charge in [-0.3, -0.25) is 14.4 Å². The Morgan fingerprint density at radius 3 is 2.48 bits per heavy atom. The van der Waals surface area contributed by atoms with Crippen molar-refractivity contribution in [3.63, 3.8) is 0 Å². The van der Waals surface area contributed by atoms with E-state index in [9.17, 15) is 13.2 Å². The molecule has 0 radical (unpaired) electrons. The minimum Gasteiger partial charge on any atom is -0.299 e. The second-order valence-electron chi connectivity index (χ2n) is 7.32. The summed E-state index contributed by atoms with van der Waals surface area (Å²) in [5, 5.41) is 11.2. The van der Waals surface area contributed by atoms with Gasteiger partial charge in [0.25, 0.3) is 0 Å². The lowest BCUT2D eigenvalue weighted by atomic mass is 10.1. The van der Waals surface area contributed by atoms with Crippen LogP contribution in [-0.2, 0) is 14.8 Å². The summed E-state index contributed by atoms with van der Waals surface area (Å²) in [5.74, 6) is 1.01. The van der Waals surface area contributed by atoms with Gasteiger partial charge in [0.2, 0.25) is 21.1 Å². The summed E-state index contributed by atoms with van der Waals surface area (Å²) in [6.07, 6.45) is 1.43. The Kier molecular flexibility index (Phi) is 8.07. The minimum absolute atomic E-state index is 0.319. The van der Waals surface area contributed by atoms with Crippen molar-refractivity contribution in [3.8, 4) is 0 Å². The third-order valence-corrected chi connectivity index (χ3v) is 7.83. The number of carbonyl (C=O) groups excluding carboxylic acids is 1. The van der Waals surface area contributed by atoms with Gasteiger partial charge in [0, 0.05) is 5.75 Å². The van der Waals surface area contributed by atoms with Gasteiger partial charge >= 0.3 is 0 Å². The van der Waals surface area contributed by atoms with E-state index in [0.29, 0.717) is 23.2 Å². The Morgan fingerprint density at radius 1 is 1.24 bits per heavy atom. The lowest BCUT2D eigenvalue weighted by molar-refractivity contribution is -0.117. The van der Waals surface area contributed by atoms with E-state index in [-0.39, 0.29) is 0 Å². The molecule has 0 saturated carbocycles. The molecule has 160 valence electrons. The van der Waals surface area contributed by atoms with Crippen molar-refractivity contribution in [3.05, 3.63) is 29.3 Å². The maximum atomic E-state index is 12.9. The molecule has 0 saturated heterocycles. The fourth-order valence-corrected chi connectivity index (χ4v) is 5.60. The third kappa shape index (κ3) is 6.42. The highest BCUT2D eigenvalue weighted by Gasteiger charge is 2.32. The van der Waals surface area contributed by atoms with Gasteiger partial charge in [-0.25, -0.2) is 8.42 Å². The van der Waals surface area contributed by atoms with Gasteiger partial charge in [-0.15, -0.1) is 10.2 Å². The van der Waals surface area contributed by atoms with Crippen LogP contribution in [0, 0.1) is 19.8 Å². The van der Waals surface area contributed by atoms with Gasteiger partial charge in [0.15, 0.2) is 4.34 Å². The lowest BCUT2D eigenvalue weighted by Gasteiger charge is -2.30. The van der Waals surface area contributed by atoms with Gasteiger partial charge < -0.3 is 0 Å². The summed E-state index contributed by atoms with van der Waals surface area (Å²) in [7, 11) is -3.67. The molecule has 1 aromatic carbocycles. The van der Waals surface area contributed by atoms with Gasteiger partial charge in [0.1, 0.15) is 6.04 Å². The minimum atomic E-state index is -3.67. The summed E-state index contributed by atoms with van der Waals surface area (Å²) in [6, 6.07) is 4.49. The zero-order valence-corrected chi connectivity index (χ0v) is 20.0. The standard InChI is InChI=1S/C19H28N4O3S3/c1-7-16(17(24)20-18-21-22-19(28-18)27-11-12(2)3)23(29(6,25)26)15-9-8-13(4)14(5)10-15/h8-10,12,16H,7,11H2,1-6H3,(H,20,21,24)/t16-/m1/s1. The zero-order valence-electron chi connectivity index (χ0n) is 17.6. The molecule has 1 atom stereocenters. The highest BCUT2D eigenvalue weighted by molar-refractivity contribution is 8.01. The van der Waals surface area contributed by atoms with Crippen LogP contribution >= 0.6 is 23.1 Å². The second-order valence-corrected chi connectivity index (χ2v) is 11.4. The maximum absolute atomic E-state index is 12.9. The molecule has 2 rings (SSSR count). The highest BCUT2D eigenvalue weighted by Crippen LogP contribution is 2.29. The van der Waals surface area contributed by atoms with Crippen LogP contribution in [0.3, 0.4) is 0 Å². The Bertz CT molecular complexity index is 957.